The van der Waals surface area contributed by atoms with Crippen molar-refractivity contribution in [3.63, 3.8) is 0 Å². The molecule has 54 heavy (non-hydrogen) atoms. The molecule has 2 amide bonds. The Hall–Kier alpha value is -5.14. The Balaban J connectivity index is 0.950. The lowest BCUT2D eigenvalue weighted by Crippen LogP contribution is -2.27. The van der Waals surface area contributed by atoms with E-state index in [0.717, 1.165) is 57.1 Å². The molecule has 0 atom stereocenters. The Kier molecular flexibility index (Phi) is 15.5. The fourth-order valence-electron chi connectivity index (χ4n) is 5.91. The molecular formula is C42H51N5O7. The van der Waals surface area contributed by atoms with Crippen LogP contribution in [0.4, 0.5) is 5.82 Å². The highest BCUT2D eigenvalue weighted by molar-refractivity contribution is 6.08. The second-order valence-corrected chi connectivity index (χ2v) is 13.1. The quantitative estimate of drug-likeness (QED) is 0.0560. The van der Waals surface area contributed by atoms with Crippen LogP contribution in [0.15, 0.2) is 72.9 Å². The Morgan fingerprint density at radius 2 is 1.46 bits per heavy atom. The molecule has 0 fully saturated rings. The van der Waals surface area contributed by atoms with Crippen LogP contribution in [0.5, 0.6) is 5.75 Å². The van der Waals surface area contributed by atoms with Crippen molar-refractivity contribution in [1.82, 2.24) is 20.6 Å². The molecule has 12 nitrogen and oxygen atoms in total. The molecule has 12 heteroatoms. The number of ether oxygens (including phenoxy) is 4. The second kappa shape index (κ2) is 20.9. The average Bonchev–Trinajstić information content (AvgIpc) is 3.18. The molecule has 2 aromatic heterocycles. The lowest BCUT2D eigenvalue weighted by atomic mass is 9.99. The summed E-state index contributed by atoms with van der Waals surface area (Å²) in [7, 11) is 0. The Labute approximate surface area is 316 Å². The number of nitrogens with zero attached hydrogens (tertiary/aromatic N) is 2. The lowest BCUT2D eigenvalue weighted by molar-refractivity contribution is -0.123. The number of aryl methyl sites for hydroxylation is 4. The fourth-order valence-corrected chi connectivity index (χ4v) is 5.91. The first-order valence-corrected chi connectivity index (χ1v) is 18.5. The number of nitrogens with one attached hydrogen (secondary N) is 2. The van der Waals surface area contributed by atoms with E-state index in [2.05, 4.69) is 70.8 Å². The van der Waals surface area contributed by atoms with Crippen molar-refractivity contribution < 1.29 is 33.6 Å². The number of amides is 2. The van der Waals surface area contributed by atoms with Gasteiger partial charge in [-0.15, -0.1) is 0 Å². The number of pyridine rings is 2. The molecule has 5 aromatic rings. The second-order valence-electron chi connectivity index (χ2n) is 13.1. The van der Waals surface area contributed by atoms with E-state index in [0.29, 0.717) is 83.6 Å². The summed E-state index contributed by atoms with van der Waals surface area (Å²) >= 11 is 0. The van der Waals surface area contributed by atoms with Crippen molar-refractivity contribution in [1.29, 1.82) is 0 Å². The summed E-state index contributed by atoms with van der Waals surface area (Å²) in [5.74, 6) is 0.737. The topological polar surface area (TPSA) is 167 Å². The van der Waals surface area contributed by atoms with Crippen molar-refractivity contribution in [2.24, 2.45) is 0 Å². The molecule has 0 spiro atoms. The van der Waals surface area contributed by atoms with Gasteiger partial charge in [0.15, 0.2) is 5.82 Å². The summed E-state index contributed by atoms with van der Waals surface area (Å²) in [6.45, 7) is 7.90. The van der Waals surface area contributed by atoms with E-state index >= 15 is 0 Å². The summed E-state index contributed by atoms with van der Waals surface area (Å²) in [5, 5.41) is 16.2. The van der Waals surface area contributed by atoms with Crippen LogP contribution in [0.25, 0.3) is 21.8 Å². The van der Waals surface area contributed by atoms with Crippen molar-refractivity contribution in [2.75, 3.05) is 65.1 Å². The van der Waals surface area contributed by atoms with Gasteiger partial charge in [0.2, 0.25) is 5.91 Å². The number of carbonyl (C=O) groups is 2. The minimum absolute atomic E-state index is 0.128. The van der Waals surface area contributed by atoms with E-state index in [1.807, 2.05) is 36.5 Å². The largest absolute Gasteiger partial charge is 0.489 e. The molecule has 5 N–H and O–H groups in total. The van der Waals surface area contributed by atoms with Crippen LogP contribution in [0.2, 0.25) is 0 Å². The number of benzene rings is 3. The molecule has 0 aliphatic heterocycles. The summed E-state index contributed by atoms with van der Waals surface area (Å²) in [4.78, 5) is 32.7. The number of hydrogen-bond donors (Lipinski definition) is 4. The maximum absolute atomic E-state index is 12.6. The minimum Gasteiger partial charge on any atom is -0.489 e. The fraction of sp³-hybridized carbons (Fsp3) is 0.381. The van der Waals surface area contributed by atoms with Crippen LogP contribution in [-0.2, 0) is 38.5 Å². The number of aromatic nitrogens is 2. The molecule has 286 valence electrons. The van der Waals surface area contributed by atoms with Gasteiger partial charge in [0.05, 0.1) is 31.9 Å². The van der Waals surface area contributed by atoms with E-state index in [4.69, 9.17) is 29.8 Å². The molecule has 0 aliphatic rings. The van der Waals surface area contributed by atoms with Gasteiger partial charge in [0.1, 0.15) is 24.5 Å². The SMILES string of the molecule is Cc1ccc2c(c1)nc(N)c1ncc(CCc3ccc(OCc4ccc(C(=O)NCCCOCCOCCOCCCNC(=O)CO)cc4)cc3C)cc12. The molecule has 3 aromatic carbocycles. The highest BCUT2D eigenvalue weighted by Crippen LogP contribution is 2.28. The molecule has 5 rings (SSSR count). The molecule has 0 radical (unpaired) electrons. The first-order valence-electron chi connectivity index (χ1n) is 18.5. The number of aliphatic hydroxyl groups is 1. The lowest BCUT2D eigenvalue weighted by Gasteiger charge is -2.12. The van der Waals surface area contributed by atoms with Crippen LogP contribution in [0, 0.1) is 13.8 Å². The van der Waals surface area contributed by atoms with E-state index in [1.165, 1.54) is 11.1 Å². The Morgan fingerprint density at radius 3 is 2.17 bits per heavy atom. The summed E-state index contributed by atoms with van der Waals surface area (Å²) < 4.78 is 22.5. The van der Waals surface area contributed by atoms with E-state index < -0.39 is 6.61 Å². The number of rotatable bonds is 22. The maximum atomic E-state index is 12.6. The third-order valence-electron chi connectivity index (χ3n) is 8.92. The standard InChI is InChI=1S/C42H51N5O7/c1-29-5-14-36-37-25-32(26-46-40(37)41(43)47-38(36)23-29)8-9-33-12-13-35(24-30(33)2)54-28-31-6-10-34(11-7-31)42(50)45-16-4-18-52-20-22-53-21-19-51-17-3-15-44-39(49)27-48/h5-7,10-14,23-26,48H,3-4,8-9,15-22,27-28H2,1-2H3,(H2,43,47)(H,44,49)(H,45,50). The molecule has 0 saturated carbocycles. The molecule has 0 saturated heterocycles. The number of anilines is 1. The first-order chi connectivity index (χ1) is 26.3. The van der Waals surface area contributed by atoms with Crippen molar-refractivity contribution in [3.05, 3.63) is 106 Å². The van der Waals surface area contributed by atoms with Crippen molar-refractivity contribution >= 4 is 39.4 Å². The Bertz CT molecular complexity index is 1990. The highest BCUT2D eigenvalue weighted by Gasteiger charge is 2.11. The maximum Gasteiger partial charge on any atom is 0.251 e. The van der Waals surface area contributed by atoms with Crippen LogP contribution in [0.1, 0.15) is 51.0 Å². The van der Waals surface area contributed by atoms with Gasteiger partial charge in [-0.1, -0.05) is 30.3 Å². The first kappa shape index (κ1) is 40.1. The van der Waals surface area contributed by atoms with Gasteiger partial charge in [-0.25, -0.2) is 4.98 Å². The Morgan fingerprint density at radius 1 is 0.759 bits per heavy atom. The van der Waals surface area contributed by atoms with E-state index in [9.17, 15) is 9.59 Å². The van der Waals surface area contributed by atoms with E-state index in [1.54, 1.807) is 0 Å². The van der Waals surface area contributed by atoms with Crippen molar-refractivity contribution in [3.8, 4) is 5.75 Å². The predicted molar refractivity (Wildman–Crippen MR) is 210 cm³/mol. The smallest absolute Gasteiger partial charge is 0.251 e. The number of fused-ring (bicyclic) bond motifs is 3. The van der Waals surface area contributed by atoms with Crippen LogP contribution < -0.4 is 21.1 Å². The monoisotopic (exact) mass is 737 g/mol. The molecule has 2 heterocycles. The van der Waals surface area contributed by atoms with Gasteiger partial charge in [0, 0.05) is 48.8 Å². The molecule has 0 unspecified atom stereocenters. The molecule has 0 bridgehead atoms. The zero-order valence-corrected chi connectivity index (χ0v) is 31.2. The number of nitrogens with two attached hydrogens (primary N) is 1. The van der Waals surface area contributed by atoms with E-state index in [-0.39, 0.29) is 11.8 Å². The van der Waals surface area contributed by atoms with Crippen LogP contribution in [-0.4, -0.2) is 86.2 Å². The highest BCUT2D eigenvalue weighted by atomic mass is 16.5. The zero-order valence-electron chi connectivity index (χ0n) is 31.2. The summed E-state index contributed by atoms with van der Waals surface area (Å²) in [6, 6.07) is 22.1. The normalized spacial score (nSPS) is 11.2. The van der Waals surface area contributed by atoms with Gasteiger partial charge in [0.25, 0.3) is 5.91 Å². The van der Waals surface area contributed by atoms with Crippen molar-refractivity contribution in [2.45, 2.75) is 46.1 Å². The molecule has 0 aliphatic carbocycles. The predicted octanol–water partition coefficient (Wildman–Crippen LogP) is 5.01. The third-order valence-corrected chi connectivity index (χ3v) is 8.92. The number of aliphatic hydroxyl groups excluding tert-OH is 1. The number of hydrogen-bond acceptors (Lipinski definition) is 10. The van der Waals surface area contributed by atoms with Gasteiger partial charge < -0.3 is 40.4 Å². The van der Waals surface area contributed by atoms with Gasteiger partial charge >= 0.3 is 0 Å². The van der Waals surface area contributed by atoms with Crippen LogP contribution >= 0.6 is 0 Å². The number of carbonyl (C=O) groups excluding carboxylic acids is 2. The average molecular weight is 738 g/mol. The van der Waals surface area contributed by atoms with Gasteiger partial charge in [-0.2, -0.15) is 0 Å². The summed E-state index contributed by atoms with van der Waals surface area (Å²) in [6.07, 6.45) is 4.98. The minimum atomic E-state index is -0.501. The van der Waals surface area contributed by atoms with Crippen LogP contribution in [0.3, 0.4) is 0 Å². The van der Waals surface area contributed by atoms with Gasteiger partial charge in [-0.3, -0.25) is 14.6 Å². The zero-order chi connectivity index (χ0) is 38.1. The molecular weight excluding hydrogens is 686 g/mol. The van der Waals surface area contributed by atoms with Gasteiger partial charge in [-0.05, 0) is 104 Å². The summed E-state index contributed by atoms with van der Waals surface area (Å²) in [5.41, 5.74) is 14.1. The third kappa shape index (κ3) is 12.2. The number of nitrogen functional groups attached to an aromatic ring is 1.